The maximum absolute atomic E-state index is 12.5. The fourth-order valence-corrected chi connectivity index (χ4v) is 2.91. The van der Waals surface area contributed by atoms with Crippen LogP contribution in [0.25, 0.3) is 0 Å². The van der Waals surface area contributed by atoms with Gasteiger partial charge in [0.1, 0.15) is 11.5 Å². The Morgan fingerprint density at radius 1 is 0.941 bits per heavy atom. The SMILES string of the molecule is CCOc1cc(/C=N\NC(=O)COc2cccc(C)c2)ccc1OC(=O)c1ccc(OC)cc1. The molecule has 0 unspecified atom stereocenters. The molecule has 0 saturated heterocycles. The van der Waals surface area contributed by atoms with E-state index in [4.69, 9.17) is 18.9 Å². The number of benzene rings is 3. The summed E-state index contributed by atoms with van der Waals surface area (Å²) in [5.74, 6) is 0.987. The molecule has 3 aromatic carbocycles. The van der Waals surface area contributed by atoms with Crippen LogP contribution in [0.4, 0.5) is 0 Å². The van der Waals surface area contributed by atoms with E-state index in [-0.39, 0.29) is 12.4 Å². The lowest BCUT2D eigenvalue weighted by molar-refractivity contribution is -0.123. The molecule has 0 atom stereocenters. The van der Waals surface area contributed by atoms with Crippen molar-refractivity contribution < 1.29 is 28.5 Å². The molecule has 0 aliphatic heterocycles. The highest BCUT2D eigenvalue weighted by atomic mass is 16.6. The van der Waals surface area contributed by atoms with Crippen LogP contribution in [-0.2, 0) is 4.79 Å². The maximum atomic E-state index is 12.5. The Hall–Kier alpha value is -4.33. The van der Waals surface area contributed by atoms with Gasteiger partial charge >= 0.3 is 5.97 Å². The van der Waals surface area contributed by atoms with E-state index in [0.717, 1.165) is 5.56 Å². The molecule has 0 aliphatic carbocycles. The number of hydrogen-bond acceptors (Lipinski definition) is 7. The van der Waals surface area contributed by atoms with Crippen molar-refractivity contribution >= 4 is 18.1 Å². The van der Waals surface area contributed by atoms with Crippen LogP contribution in [0.3, 0.4) is 0 Å². The zero-order valence-corrected chi connectivity index (χ0v) is 19.2. The summed E-state index contributed by atoms with van der Waals surface area (Å²) in [4.78, 5) is 24.5. The van der Waals surface area contributed by atoms with Gasteiger partial charge in [0, 0.05) is 0 Å². The molecule has 1 amide bonds. The fourth-order valence-electron chi connectivity index (χ4n) is 2.91. The van der Waals surface area contributed by atoms with Gasteiger partial charge in [0.2, 0.25) is 0 Å². The number of aryl methyl sites for hydroxylation is 1. The van der Waals surface area contributed by atoms with Crippen LogP contribution in [0, 0.1) is 6.92 Å². The molecule has 176 valence electrons. The highest BCUT2D eigenvalue weighted by Crippen LogP contribution is 2.29. The number of carbonyl (C=O) groups is 2. The molecule has 0 aromatic heterocycles. The summed E-state index contributed by atoms with van der Waals surface area (Å²) in [5, 5.41) is 3.95. The van der Waals surface area contributed by atoms with Crippen molar-refractivity contribution in [1.29, 1.82) is 0 Å². The normalized spacial score (nSPS) is 10.6. The van der Waals surface area contributed by atoms with Gasteiger partial charge in [-0.25, -0.2) is 10.2 Å². The third-order valence-electron chi connectivity index (χ3n) is 4.56. The first-order chi connectivity index (χ1) is 16.5. The average molecular weight is 463 g/mol. The molecule has 3 rings (SSSR count). The number of rotatable bonds is 10. The number of hydrazone groups is 1. The number of methoxy groups -OCH3 is 1. The van der Waals surface area contributed by atoms with E-state index < -0.39 is 11.9 Å². The first-order valence-corrected chi connectivity index (χ1v) is 10.6. The van der Waals surface area contributed by atoms with Crippen LogP contribution in [-0.4, -0.2) is 38.4 Å². The van der Waals surface area contributed by atoms with E-state index in [2.05, 4.69) is 10.5 Å². The minimum Gasteiger partial charge on any atom is -0.497 e. The quantitative estimate of drug-likeness (QED) is 0.211. The minimum absolute atomic E-state index is 0.161. The van der Waals surface area contributed by atoms with Crippen LogP contribution in [0.15, 0.2) is 71.8 Å². The largest absolute Gasteiger partial charge is 0.497 e. The van der Waals surface area contributed by atoms with Gasteiger partial charge in [-0.1, -0.05) is 12.1 Å². The van der Waals surface area contributed by atoms with E-state index in [1.54, 1.807) is 55.6 Å². The number of amides is 1. The number of ether oxygens (including phenoxy) is 4. The molecule has 0 saturated carbocycles. The van der Waals surface area contributed by atoms with E-state index in [0.29, 0.717) is 35.0 Å². The van der Waals surface area contributed by atoms with E-state index in [1.165, 1.54) is 6.21 Å². The van der Waals surface area contributed by atoms with Gasteiger partial charge < -0.3 is 18.9 Å². The average Bonchev–Trinajstić information content (AvgIpc) is 2.84. The third kappa shape index (κ3) is 7.09. The Morgan fingerprint density at radius 3 is 2.44 bits per heavy atom. The van der Waals surface area contributed by atoms with Gasteiger partial charge in [-0.05, 0) is 79.6 Å². The first-order valence-electron chi connectivity index (χ1n) is 10.6. The predicted octanol–water partition coefficient (Wildman–Crippen LogP) is 4.15. The molecule has 34 heavy (non-hydrogen) atoms. The van der Waals surface area contributed by atoms with Gasteiger partial charge in [-0.2, -0.15) is 5.10 Å². The molecule has 3 aromatic rings. The summed E-state index contributed by atoms with van der Waals surface area (Å²) < 4.78 is 21.7. The highest BCUT2D eigenvalue weighted by molar-refractivity contribution is 5.92. The highest BCUT2D eigenvalue weighted by Gasteiger charge is 2.13. The van der Waals surface area contributed by atoms with E-state index in [1.807, 2.05) is 32.0 Å². The summed E-state index contributed by atoms with van der Waals surface area (Å²) in [6.07, 6.45) is 1.46. The summed E-state index contributed by atoms with van der Waals surface area (Å²) in [6.45, 7) is 3.98. The van der Waals surface area contributed by atoms with E-state index >= 15 is 0 Å². The Labute approximate surface area is 198 Å². The second-order valence-corrected chi connectivity index (χ2v) is 7.16. The van der Waals surface area contributed by atoms with Crippen molar-refractivity contribution in [2.75, 3.05) is 20.3 Å². The molecule has 0 spiro atoms. The van der Waals surface area contributed by atoms with Gasteiger partial charge in [0.05, 0.1) is 25.5 Å². The van der Waals surface area contributed by atoms with Crippen molar-refractivity contribution in [3.8, 4) is 23.0 Å². The minimum atomic E-state index is -0.522. The van der Waals surface area contributed by atoms with Gasteiger partial charge in [-0.3, -0.25) is 4.79 Å². The van der Waals surface area contributed by atoms with Crippen molar-refractivity contribution in [3.63, 3.8) is 0 Å². The first kappa shape index (κ1) is 24.3. The predicted molar refractivity (Wildman–Crippen MR) is 128 cm³/mol. The Kier molecular flexibility index (Phi) is 8.62. The Morgan fingerprint density at radius 2 is 1.74 bits per heavy atom. The molecular formula is C26H26N2O6. The number of nitrogens with one attached hydrogen (secondary N) is 1. The van der Waals surface area contributed by atoms with Gasteiger partial charge in [0.25, 0.3) is 5.91 Å². The number of carbonyl (C=O) groups excluding carboxylic acids is 2. The lowest BCUT2D eigenvalue weighted by Crippen LogP contribution is -2.24. The lowest BCUT2D eigenvalue weighted by atomic mass is 10.2. The smallest absolute Gasteiger partial charge is 0.343 e. The molecule has 0 fully saturated rings. The van der Waals surface area contributed by atoms with Crippen LogP contribution in [0.1, 0.15) is 28.4 Å². The van der Waals surface area contributed by atoms with Gasteiger partial charge in [-0.15, -0.1) is 0 Å². The molecular weight excluding hydrogens is 436 g/mol. The lowest BCUT2D eigenvalue weighted by Gasteiger charge is -2.11. The van der Waals surface area contributed by atoms with Gasteiger partial charge in [0.15, 0.2) is 18.1 Å². The van der Waals surface area contributed by atoms with Crippen LogP contribution < -0.4 is 24.4 Å². The van der Waals surface area contributed by atoms with Crippen molar-refractivity contribution in [1.82, 2.24) is 5.43 Å². The van der Waals surface area contributed by atoms with Crippen molar-refractivity contribution in [2.24, 2.45) is 5.10 Å². The molecule has 8 heteroatoms. The third-order valence-corrected chi connectivity index (χ3v) is 4.56. The van der Waals surface area contributed by atoms with Crippen molar-refractivity contribution in [3.05, 3.63) is 83.4 Å². The molecule has 0 aliphatic rings. The second-order valence-electron chi connectivity index (χ2n) is 7.16. The second kappa shape index (κ2) is 12.1. The molecule has 0 heterocycles. The number of esters is 1. The van der Waals surface area contributed by atoms with Crippen LogP contribution >= 0.6 is 0 Å². The Bertz CT molecular complexity index is 1160. The zero-order valence-electron chi connectivity index (χ0n) is 19.2. The standard InChI is InChI=1S/C26H26N2O6/c1-4-32-24-15-19(16-27-28-25(29)17-33-22-7-5-6-18(2)14-22)8-13-23(24)34-26(30)20-9-11-21(31-3)12-10-20/h5-16H,4,17H2,1-3H3,(H,28,29)/b27-16-. The molecule has 0 radical (unpaired) electrons. The zero-order chi connectivity index (χ0) is 24.3. The monoisotopic (exact) mass is 462 g/mol. The summed E-state index contributed by atoms with van der Waals surface area (Å²) in [7, 11) is 1.55. The number of hydrogen-bond donors (Lipinski definition) is 1. The Balaban J connectivity index is 1.59. The summed E-state index contributed by atoms with van der Waals surface area (Å²) in [6, 6.07) is 19.0. The van der Waals surface area contributed by atoms with Crippen LogP contribution in [0.5, 0.6) is 23.0 Å². The maximum Gasteiger partial charge on any atom is 0.343 e. The van der Waals surface area contributed by atoms with Crippen molar-refractivity contribution in [2.45, 2.75) is 13.8 Å². The molecule has 8 nitrogen and oxygen atoms in total. The topological polar surface area (TPSA) is 95.5 Å². The summed E-state index contributed by atoms with van der Waals surface area (Å²) >= 11 is 0. The fraction of sp³-hybridized carbons (Fsp3) is 0.192. The molecule has 0 bridgehead atoms. The molecule has 1 N–H and O–H groups in total. The van der Waals surface area contributed by atoms with Crippen LogP contribution in [0.2, 0.25) is 0 Å². The van der Waals surface area contributed by atoms with E-state index in [9.17, 15) is 9.59 Å². The summed E-state index contributed by atoms with van der Waals surface area (Å²) in [5.41, 5.74) is 4.48. The number of nitrogens with zero attached hydrogens (tertiary/aromatic N) is 1.